The van der Waals surface area contributed by atoms with Crippen LogP contribution in [-0.2, 0) is 5.54 Å². The maximum Gasteiger partial charge on any atom is 0.123 e. The van der Waals surface area contributed by atoms with Crippen molar-refractivity contribution in [3.05, 3.63) is 64.4 Å². The first kappa shape index (κ1) is 15.0. The van der Waals surface area contributed by atoms with E-state index in [-0.39, 0.29) is 12.4 Å². The Kier molecular flexibility index (Phi) is 4.78. The summed E-state index contributed by atoms with van der Waals surface area (Å²) in [5.41, 5.74) is 1.21. The molecule has 1 atom stereocenters. The number of hydrogen-bond donors (Lipinski definition) is 2. The first-order valence-corrected chi connectivity index (χ1v) is 7.29. The molecule has 0 bridgehead atoms. The van der Waals surface area contributed by atoms with Gasteiger partial charge in [0, 0.05) is 10.2 Å². The Bertz CT molecular complexity index is 550. The van der Waals surface area contributed by atoms with Crippen molar-refractivity contribution in [1.82, 2.24) is 0 Å². The summed E-state index contributed by atoms with van der Waals surface area (Å²) in [6, 6.07) is 14.0. The zero-order chi connectivity index (χ0) is 14.6. The van der Waals surface area contributed by atoms with E-state index in [2.05, 4.69) is 21.2 Å². The fraction of sp³-hybridized carbons (Fsp3) is 0.250. The SMILES string of the molecule is CCC(CO)(Nc1ccc(F)cc1)c1ccc(Br)cc1. The van der Waals surface area contributed by atoms with Crippen molar-refractivity contribution in [3.8, 4) is 0 Å². The molecule has 0 aliphatic carbocycles. The zero-order valence-electron chi connectivity index (χ0n) is 11.2. The van der Waals surface area contributed by atoms with Gasteiger partial charge in [0.15, 0.2) is 0 Å². The molecule has 4 heteroatoms. The maximum absolute atomic E-state index is 13.0. The molecule has 2 rings (SSSR count). The lowest BCUT2D eigenvalue weighted by Gasteiger charge is -2.33. The minimum atomic E-state index is -0.571. The lowest BCUT2D eigenvalue weighted by atomic mass is 9.87. The molecule has 0 aromatic heterocycles. The quantitative estimate of drug-likeness (QED) is 0.852. The fourth-order valence-corrected chi connectivity index (χ4v) is 2.45. The Labute approximate surface area is 126 Å². The number of hydrogen-bond acceptors (Lipinski definition) is 2. The smallest absolute Gasteiger partial charge is 0.123 e. The molecule has 0 saturated heterocycles. The van der Waals surface area contributed by atoms with Gasteiger partial charge in [-0.05, 0) is 48.4 Å². The minimum absolute atomic E-state index is 0.0392. The van der Waals surface area contributed by atoms with Crippen LogP contribution in [0.2, 0.25) is 0 Å². The number of benzene rings is 2. The third-order valence-corrected chi connectivity index (χ3v) is 4.03. The molecular formula is C16H17BrFNO. The monoisotopic (exact) mass is 337 g/mol. The minimum Gasteiger partial charge on any atom is -0.394 e. The van der Waals surface area contributed by atoms with E-state index < -0.39 is 5.54 Å². The second-order valence-electron chi connectivity index (χ2n) is 4.73. The van der Waals surface area contributed by atoms with Gasteiger partial charge >= 0.3 is 0 Å². The van der Waals surface area contributed by atoms with Crippen LogP contribution in [-0.4, -0.2) is 11.7 Å². The molecule has 0 saturated carbocycles. The van der Waals surface area contributed by atoms with E-state index in [0.717, 1.165) is 15.7 Å². The van der Waals surface area contributed by atoms with Crippen LogP contribution in [0.4, 0.5) is 10.1 Å². The van der Waals surface area contributed by atoms with Crippen LogP contribution in [0.25, 0.3) is 0 Å². The van der Waals surface area contributed by atoms with Crippen LogP contribution in [0.3, 0.4) is 0 Å². The van der Waals surface area contributed by atoms with Gasteiger partial charge in [-0.3, -0.25) is 0 Å². The molecule has 2 N–H and O–H groups in total. The molecule has 0 radical (unpaired) electrons. The number of aliphatic hydroxyl groups is 1. The van der Waals surface area contributed by atoms with Crippen molar-refractivity contribution in [2.75, 3.05) is 11.9 Å². The predicted octanol–water partition coefficient (Wildman–Crippen LogP) is 4.30. The Hall–Kier alpha value is -1.39. The van der Waals surface area contributed by atoms with Gasteiger partial charge in [0.05, 0.1) is 12.1 Å². The van der Waals surface area contributed by atoms with E-state index in [4.69, 9.17) is 0 Å². The highest BCUT2D eigenvalue weighted by Crippen LogP contribution is 2.30. The van der Waals surface area contributed by atoms with Crippen molar-refractivity contribution in [1.29, 1.82) is 0 Å². The number of aliphatic hydroxyl groups excluding tert-OH is 1. The van der Waals surface area contributed by atoms with Crippen LogP contribution >= 0.6 is 15.9 Å². The lowest BCUT2D eigenvalue weighted by Crippen LogP contribution is -2.38. The number of halogens is 2. The molecule has 0 heterocycles. The first-order valence-electron chi connectivity index (χ1n) is 6.50. The van der Waals surface area contributed by atoms with Crippen LogP contribution in [0.15, 0.2) is 53.0 Å². The third-order valence-electron chi connectivity index (χ3n) is 3.50. The average Bonchev–Trinajstić information content (AvgIpc) is 2.48. The predicted molar refractivity (Wildman–Crippen MR) is 83.2 cm³/mol. The van der Waals surface area contributed by atoms with Crippen LogP contribution in [0.5, 0.6) is 0 Å². The van der Waals surface area contributed by atoms with Crippen molar-refractivity contribution in [2.24, 2.45) is 0 Å². The Morgan fingerprint density at radius 1 is 1.10 bits per heavy atom. The van der Waals surface area contributed by atoms with Crippen molar-refractivity contribution in [2.45, 2.75) is 18.9 Å². The highest BCUT2D eigenvalue weighted by Gasteiger charge is 2.29. The summed E-state index contributed by atoms with van der Waals surface area (Å²) in [5, 5.41) is 13.2. The Morgan fingerprint density at radius 2 is 1.70 bits per heavy atom. The summed E-state index contributed by atoms with van der Waals surface area (Å²) >= 11 is 3.41. The molecule has 1 unspecified atom stereocenters. The molecule has 106 valence electrons. The van der Waals surface area contributed by atoms with Gasteiger partial charge in [0.2, 0.25) is 0 Å². The number of anilines is 1. The van der Waals surface area contributed by atoms with Crippen LogP contribution in [0.1, 0.15) is 18.9 Å². The molecule has 0 amide bonds. The topological polar surface area (TPSA) is 32.3 Å². The summed E-state index contributed by atoms with van der Waals surface area (Å²) in [6.07, 6.45) is 0.711. The molecule has 0 spiro atoms. The standard InChI is InChI=1S/C16H17BrFNO/c1-2-16(11-20,12-3-5-13(17)6-4-12)19-15-9-7-14(18)8-10-15/h3-10,19-20H,2,11H2,1H3. The zero-order valence-corrected chi connectivity index (χ0v) is 12.8. The van der Waals surface area contributed by atoms with E-state index in [1.54, 1.807) is 12.1 Å². The molecular weight excluding hydrogens is 321 g/mol. The number of rotatable bonds is 5. The van der Waals surface area contributed by atoms with Gasteiger partial charge in [0.1, 0.15) is 5.82 Å². The third kappa shape index (κ3) is 3.19. The summed E-state index contributed by atoms with van der Waals surface area (Å²) < 4.78 is 14.0. The fourth-order valence-electron chi connectivity index (χ4n) is 2.19. The van der Waals surface area contributed by atoms with Gasteiger partial charge in [-0.25, -0.2) is 4.39 Å². The molecule has 2 nitrogen and oxygen atoms in total. The molecule has 2 aromatic carbocycles. The molecule has 20 heavy (non-hydrogen) atoms. The molecule has 2 aromatic rings. The van der Waals surface area contributed by atoms with E-state index in [9.17, 15) is 9.50 Å². The van der Waals surface area contributed by atoms with E-state index >= 15 is 0 Å². The summed E-state index contributed by atoms with van der Waals surface area (Å²) in [4.78, 5) is 0. The van der Waals surface area contributed by atoms with Crippen LogP contribution < -0.4 is 5.32 Å². The van der Waals surface area contributed by atoms with E-state index in [1.807, 2.05) is 31.2 Å². The normalized spacial score (nSPS) is 13.8. The largest absolute Gasteiger partial charge is 0.394 e. The van der Waals surface area contributed by atoms with Gasteiger partial charge in [0.25, 0.3) is 0 Å². The highest BCUT2D eigenvalue weighted by atomic mass is 79.9. The summed E-state index contributed by atoms with van der Waals surface area (Å²) in [5.74, 6) is -0.273. The van der Waals surface area contributed by atoms with Crippen LogP contribution in [0, 0.1) is 5.82 Å². The molecule has 0 aliphatic heterocycles. The van der Waals surface area contributed by atoms with Gasteiger partial charge in [-0.15, -0.1) is 0 Å². The van der Waals surface area contributed by atoms with Gasteiger partial charge in [-0.1, -0.05) is 35.0 Å². The first-order chi connectivity index (χ1) is 9.59. The second-order valence-corrected chi connectivity index (χ2v) is 5.65. The maximum atomic E-state index is 13.0. The van der Waals surface area contributed by atoms with Gasteiger partial charge in [-0.2, -0.15) is 0 Å². The van der Waals surface area contributed by atoms with E-state index in [0.29, 0.717) is 6.42 Å². The summed E-state index contributed by atoms with van der Waals surface area (Å²) in [6.45, 7) is 1.97. The second kappa shape index (κ2) is 6.37. The van der Waals surface area contributed by atoms with E-state index in [1.165, 1.54) is 12.1 Å². The summed E-state index contributed by atoms with van der Waals surface area (Å²) in [7, 11) is 0. The van der Waals surface area contributed by atoms with Crippen molar-refractivity contribution in [3.63, 3.8) is 0 Å². The van der Waals surface area contributed by atoms with Crippen molar-refractivity contribution >= 4 is 21.6 Å². The molecule has 0 aliphatic rings. The Balaban J connectivity index is 2.33. The van der Waals surface area contributed by atoms with Gasteiger partial charge < -0.3 is 10.4 Å². The van der Waals surface area contributed by atoms with Crippen molar-refractivity contribution < 1.29 is 9.50 Å². The lowest BCUT2D eigenvalue weighted by molar-refractivity contribution is 0.207. The number of nitrogens with one attached hydrogen (secondary N) is 1. The molecule has 0 fully saturated rings. The highest BCUT2D eigenvalue weighted by molar-refractivity contribution is 9.10. The Morgan fingerprint density at radius 3 is 2.20 bits per heavy atom. The average molecular weight is 338 g/mol.